The van der Waals surface area contributed by atoms with Crippen molar-refractivity contribution in [3.8, 4) is 0 Å². The third-order valence-electron chi connectivity index (χ3n) is 4.43. The fraction of sp³-hybridized carbons (Fsp3) is 0.294. The summed E-state index contributed by atoms with van der Waals surface area (Å²) in [6.45, 7) is 1.82. The Bertz CT molecular complexity index is 1300. The van der Waals surface area contributed by atoms with Gasteiger partial charge in [0.1, 0.15) is 10.4 Å². The van der Waals surface area contributed by atoms with E-state index in [1.54, 1.807) is 0 Å². The van der Waals surface area contributed by atoms with Crippen molar-refractivity contribution in [3.63, 3.8) is 0 Å². The molecule has 0 amide bonds. The Morgan fingerprint density at radius 3 is 2.33 bits per heavy atom. The molecule has 0 fully saturated rings. The molecule has 30 heavy (non-hydrogen) atoms. The van der Waals surface area contributed by atoms with Gasteiger partial charge in [-0.25, -0.2) is 26.2 Å². The van der Waals surface area contributed by atoms with E-state index in [1.807, 2.05) is 0 Å². The molecule has 162 valence electrons. The third kappa shape index (κ3) is 4.04. The van der Waals surface area contributed by atoms with Crippen molar-refractivity contribution in [2.45, 2.75) is 34.6 Å². The van der Waals surface area contributed by atoms with Gasteiger partial charge in [0.25, 0.3) is 0 Å². The fourth-order valence-corrected chi connectivity index (χ4v) is 5.49. The molecule has 0 bridgehead atoms. The van der Waals surface area contributed by atoms with Crippen LogP contribution < -0.4 is 4.72 Å². The molecular weight excluding hydrogens is 447 g/mol. The van der Waals surface area contributed by atoms with Gasteiger partial charge in [-0.2, -0.15) is 13.2 Å². The minimum atomic E-state index is -4.72. The van der Waals surface area contributed by atoms with Crippen LogP contribution in [0.5, 0.6) is 0 Å². The summed E-state index contributed by atoms with van der Waals surface area (Å²) in [5.74, 6) is 0. The van der Waals surface area contributed by atoms with E-state index in [2.05, 4.69) is 19.7 Å². The van der Waals surface area contributed by atoms with E-state index in [9.17, 15) is 30.0 Å². The van der Waals surface area contributed by atoms with Crippen molar-refractivity contribution < 1.29 is 34.6 Å². The molecule has 0 saturated carbocycles. The summed E-state index contributed by atoms with van der Waals surface area (Å²) in [4.78, 5) is -0.835. The average Bonchev–Trinajstić information content (AvgIpc) is 3.14. The quantitative estimate of drug-likeness (QED) is 0.597. The zero-order valence-corrected chi connectivity index (χ0v) is 17.3. The average molecular weight is 463 g/mol. The number of halogens is 3. The fourth-order valence-electron chi connectivity index (χ4n) is 2.60. The first-order chi connectivity index (χ1) is 13.8. The zero-order chi connectivity index (χ0) is 22.4. The second kappa shape index (κ2) is 7.32. The van der Waals surface area contributed by atoms with Gasteiger partial charge in [0, 0.05) is 6.54 Å². The number of benzene rings is 2. The zero-order valence-electron chi connectivity index (χ0n) is 15.6. The number of nitrogens with one attached hydrogen (secondary N) is 1. The molecule has 1 aromatic heterocycles. The molecule has 2 aromatic carbocycles. The van der Waals surface area contributed by atoms with Crippen LogP contribution in [0, 0.1) is 0 Å². The van der Waals surface area contributed by atoms with Crippen LogP contribution in [0.3, 0.4) is 0 Å². The van der Waals surface area contributed by atoms with Gasteiger partial charge in [0.2, 0.25) is 10.0 Å². The van der Waals surface area contributed by atoms with Crippen molar-refractivity contribution in [2.24, 2.45) is 0 Å². The summed E-state index contributed by atoms with van der Waals surface area (Å²) < 4.78 is 94.9. The molecular formula is C17H16F3N3O5S2. The van der Waals surface area contributed by atoms with Crippen LogP contribution in [0.15, 0.2) is 56.9 Å². The first-order valence-electron chi connectivity index (χ1n) is 8.38. The van der Waals surface area contributed by atoms with Gasteiger partial charge in [-0.1, -0.05) is 12.1 Å². The molecule has 0 unspecified atom stereocenters. The van der Waals surface area contributed by atoms with Crippen molar-refractivity contribution >= 4 is 30.9 Å². The number of fused-ring (bicyclic) bond motifs is 1. The van der Waals surface area contributed by atoms with Crippen LogP contribution in [0.2, 0.25) is 0 Å². The molecule has 1 heterocycles. The number of alkyl halides is 3. The molecule has 1 N–H and O–H groups in total. The predicted molar refractivity (Wildman–Crippen MR) is 99.7 cm³/mol. The molecule has 0 aliphatic carbocycles. The molecule has 0 radical (unpaired) electrons. The van der Waals surface area contributed by atoms with Crippen LogP contribution in [0.4, 0.5) is 13.2 Å². The Kier molecular flexibility index (Phi) is 5.41. The number of nitrogens with zero attached hydrogens (tertiary/aromatic N) is 2. The van der Waals surface area contributed by atoms with Crippen molar-refractivity contribution in [1.82, 2.24) is 15.0 Å². The predicted octanol–water partition coefficient (Wildman–Crippen LogP) is 2.77. The second-order valence-electron chi connectivity index (χ2n) is 7.00. The van der Waals surface area contributed by atoms with Gasteiger partial charge in [-0.3, -0.25) is 0 Å². The normalized spacial score (nSPS) is 13.6. The maximum Gasteiger partial charge on any atom is 0.416 e. The van der Waals surface area contributed by atoms with Crippen LogP contribution in [-0.2, 0) is 26.0 Å². The summed E-state index contributed by atoms with van der Waals surface area (Å²) in [7, 11) is -8.55. The topological polar surface area (TPSA) is 119 Å². The molecule has 0 spiro atoms. The molecule has 13 heteroatoms. The van der Waals surface area contributed by atoms with E-state index in [-0.39, 0.29) is 15.9 Å². The van der Waals surface area contributed by atoms with Crippen LogP contribution in [-0.4, -0.2) is 38.4 Å². The van der Waals surface area contributed by atoms with E-state index in [1.165, 1.54) is 32.0 Å². The van der Waals surface area contributed by atoms with Crippen LogP contribution >= 0.6 is 0 Å². The molecule has 8 nitrogen and oxygen atoms in total. The smallest absolute Gasteiger partial charge is 0.243 e. The molecule has 3 rings (SSSR count). The standard InChI is InChI=1S/C17H16F3N3O5S2/c1-16(2,29(24,25)12-6-3-5-11(9-12)17(18,19)20)10-21-30(26,27)14-8-4-7-13-15(14)23-28-22-13/h3-9,21H,10H2,1-2H3. The van der Waals surface area contributed by atoms with Crippen LogP contribution in [0.25, 0.3) is 11.0 Å². The molecule has 3 aromatic rings. The van der Waals surface area contributed by atoms with E-state index >= 15 is 0 Å². The molecule has 0 aliphatic rings. The number of sulfonamides is 1. The highest BCUT2D eigenvalue weighted by Crippen LogP contribution is 2.33. The van der Waals surface area contributed by atoms with Gasteiger partial charge >= 0.3 is 6.18 Å². The SMILES string of the molecule is CC(C)(CNS(=O)(=O)c1cccc2nonc12)S(=O)(=O)c1cccc(C(F)(F)F)c1. The van der Waals surface area contributed by atoms with Gasteiger partial charge in [0.15, 0.2) is 15.4 Å². The van der Waals surface area contributed by atoms with Crippen molar-refractivity contribution in [1.29, 1.82) is 0 Å². The lowest BCUT2D eigenvalue weighted by Gasteiger charge is -2.25. The largest absolute Gasteiger partial charge is 0.416 e. The molecule has 0 atom stereocenters. The minimum Gasteiger partial charge on any atom is -0.243 e. The molecule has 0 saturated heterocycles. The highest BCUT2D eigenvalue weighted by molar-refractivity contribution is 7.93. The monoisotopic (exact) mass is 463 g/mol. The highest BCUT2D eigenvalue weighted by atomic mass is 32.2. The Hall–Kier alpha value is -2.51. The van der Waals surface area contributed by atoms with Crippen molar-refractivity contribution in [2.75, 3.05) is 6.54 Å². The van der Waals surface area contributed by atoms with Crippen molar-refractivity contribution in [3.05, 3.63) is 48.0 Å². The summed E-state index contributed by atoms with van der Waals surface area (Å²) in [6, 6.07) is 7.41. The Morgan fingerprint density at radius 1 is 1.00 bits per heavy atom. The second-order valence-corrected chi connectivity index (χ2v) is 11.3. The summed E-state index contributed by atoms with van der Waals surface area (Å²) in [5, 5.41) is 7.07. The molecule has 0 aliphatic heterocycles. The van der Waals surface area contributed by atoms with E-state index in [0.717, 1.165) is 18.2 Å². The lowest BCUT2D eigenvalue weighted by atomic mass is 10.2. The number of sulfone groups is 1. The van der Waals surface area contributed by atoms with Gasteiger partial charge in [-0.15, -0.1) is 0 Å². The first kappa shape index (κ1) is 22.2. The summed E-state index contributed by atoms with van der Waals surface area (Å²) in [6.07, 6.45) is -4.72. The maximum absolute atomic E-state index is 12.9. The maximum atomic E-state index is 12.9. The number of hydrogen-bond donors (Lipinski definition) is 1. The van der Waals surface area contributed by atoms with Gasteiger partial charge in [-0.05, 0) is 54.5 Å². The van der Waals surface area contributed by atoms with Gasteiger partial charge in [0.05, 0.1) is 15.2 Å². The van der Waals surface area contributed by atoms with E-state index in [0.29, 0.717) is 6.07 Å². The lowest BCUT2D eigenvalue weighted by molar-refractivity contribution is -0.137. The first-order valence-corrected chi connectivity index (χ1v) is 11.4. The minimum absolute atomic E-state index is 0.0384. The van der Waals surface area contributed by atoms with E-state index < -0.39 is 47.8 Å². The van der Waals surface area contributed by atoms with Gasteiger partial charge < -0.3 is 0 Å². The Labute approximate surface area is 170 Å². The highest BCUT2D eigenvalue weighted by Gasteiger charge is 2.39. The Balaban J connectivity index is 1.90. The van der Waals surface area contributed by atoms with Crippen LogP contribution in [0.1, 0.15) is 19.4 Å². The number of rotatable bonds is 6. The number of aromatic nitrogens is 2. The van der Waals surface area contributed by atoms with E-state index in [4.69, 9.17) is 0 Å². The Morgan fingerprint density at radius 2 is 1.67 bits per heavy atom. The summed E-state index contributed by atoms with van der Waals surface area (Å²) in [5.41, 5.74) is -0.970. The third-order valence-corrected chi connectivity index (χ3v) is 8.33. The lowest BCUT2D eigenvalue weighted by Crippen LogP contribution is -2.44. The number of hydrogen-bond acceptors (Lipinski definition) is 7. The summed E-state index contributed by atoms with van der Waals surface area (Å²) >= 11 is 0.